The van der Waals surface area contributed by atoms with Crippen LogP contribution in [-0.4, -0.2) is 33.2 Å². The number of furan rings is 1. The number of esters is 1. The number of hydrogen-bond acceptors (Lipinski definition) is 7. The molecule has 1 aliphatic rings. The molecule has 24 heavy (non-hydrogen) atoms. The third kappa shape index (κ3) is 2.83. The molecule has 0 atom stereocenters. The summed E-state index contributed by atoms with van der Waals surface area (Å²) in [5, 5.41) is 0. The van der Waals surface area contributed by atoms with E-state index in [9.17, 15) is 4.79 Å². The van der Waals surface area contributed by atoms with Gasteiger partial charge in [0.2, 0.25) is 11.6 Å². The van der Waals surface area contributed by atoms with Crippen LogP contribution in [0.4, 0.5) is 0 Å². The lowest BCUT2D eigenvalue weighted by molar-refractivity contribution is -0.129. The van der Waals surface area contributed by atoms with Gasteiger partial charge in [-0.15, -0.1) is 0 Å². The van der Waals surface area contributed by atoms with Gasteiger partial charge in [-0.25, -0.2) is 9.79 Å². The van der Waals surface area contributed by atoms with Crippen molar-refractivity contribution in [2.24, 2.45) is 4.99 Å². The topological polar surface area (TPSA) is 79.5 Å². The number of carbonyl (C=O) groups excluding carboxylic acids is 1. The summed E-state index contributed by atoms with van der Waals surface area (Å²) in [6, 6.07) is 6.75. The average molecular weight is 329 g/mol. The third-order valence-corrected chi connectivity index (χ3v) is 3.35. The molecule has 0 spiro atoms. The second-order valence-electron chi connectivity index (χ2n) is 4.77. The van der Waals surface area contributed by atoms with Crippen LogP contribution in [-0.2, 0) is 9.53 Å². The van der Waals surface area contributed by atoms with Gasteiger partial charge in [-0.1, -0.05) is 0 Å². The van der Waals surface area contributed by atoms with Crippen LogP contribution in [0.1, 0.15) is 11.3 Å². The van der Waals surface area contributed by atoms with Crippen molar-refractivity contribution >= 4 is 17.9 Å². The zero-order valence-corrected chi connectivity index (χ0v) is 13.4. The number of benzene rings is 1. The average Bonchev–Trinajstić information content (AvgIpc) is 3.24. The summed E-state index contributed by atoms with van der Waals surface area (Å²) in [5.74, 6) is 1.42. The Hall–Kier alpha value is -3.22. The standard InChI is InChI=1S/C17H15NO6/c1-20-13-7-10(8-14(21-2)15(13)22-3)16-18-12(17(19)24-16)9-11-5-4-6-23-11/h4-9H,1-3H3. The molecule has 7 nitrogen and oxygen atoms in total. The second kappa shape index (κ2) is 6.49. The van der Waals surface area contributed by atoms with Crippen molar-refractivity contribution in [2.45, 2.75) is 0 Å². The van der Waals surface area contributed by atoms with Gasteiger partial charge in [0.1, 0.15) is 5.76 Å². The molecule has 2 heterocycles. The Morgan fingerprint density at radius 1 is 1.08 bits per heavy atom. The summed E-state index contributed by atoms with van der Waals surface area (Å²) < 4.78 is 26.3. The van der Waals surface area contributed by atoms with Crippen molar-refractivity contribution in [3.63, 3.8) is 0 Å². The van der Waals surface area contributed by atoms with Crippen molar-refractivity contribution in [1.82, 2.24) is 0 Å². The SMILES string of the molecule is COc1cc(C2=NC(=Cc3ccco3)C(=O)O2)cc(OC)c1OC. The fourth-order valence-electron chi connectivity index (χ4n) is 2.25. The Bertz CT molecular complexity index is 795. The monoisotopic (exact) mass is 329 g/mol. The highest BCUT2D eigenvalue weighted by molar-refractivity contribution is 6.13. The van der Waals surface area contributed by atoms with E-state index in [1.165, 1.54) is 33.7 Å². The Labute approximate surface area is 138 Å². The first-order chi connectivity index (χ1) is 11.7. The van der Waals surface area contributed by atoms with Crippen LogP contribution >= 0.6 is 0 Å². The number of rotatable bonds is 5. The number of cyclic esters (lactones) is 1. The molecular weight excluding hydrogens is 314 g/mol. The van der Waals surface area contributed by atoms with Gasteiger partial charge in [-0.2, -0.15) is 0 Å². The molecular formula is C17H15NO6. The highest BCUT2D eigenvalue weighted by Crippen LogP contribution is 2.39. The first-order valence-electron chi connectivity index (χ1n) is 7.02. The molecule has 0 unspecified atom stereocenters. The van der Waals surface area contributed by atoms with E-state index in [4.69, 9.17) is 23.4 Å². The fourth-order valence-corrected chi connectivity index (χ4v) is 2.25. The maximum Gasteiger partial charge on any atom is 0.363 e. The van der Waals surface area contributed by atoms with E-state index in [0.29, 0.717) is 28.6 Å². The molecule has 2 aromatic rings. The van der Waals surface area contributed by atoms with Gasteiger partial charge < -0.3 is 23.4 Å². The van der Waals surface area contributed by atoms with E-state index in [0.717, 1.165) is 0 Å². The van der Waals surface area contributed by atoms with Crippen LogP contribution in [0.25, 0.3) is 6.08 Å². The number of hydrogen-bond donors (Lipinski definition) is 0. The van der Waals surface area contributed by atoms with Crippen LogP contribution in [0.5, 0.6) is 17.2 Å². The number of methoxy groups -OCH3 is 3. The quantitative estimate of drug-likeness (QED) is 0.620. The molecule has 0 amide bonds. The molecule has 1 aromatic heterocycles. The molecule has 1 aromatic carbocycles. The minimum atomic E-state index is -0.560. The van der Waals surface area contributed by atoms with Gasteiger partial charge in [-0.3, -0.25) is 0 Å². The van der Waals surface area contributed by atoms with Crippen LogP contribution in [0, 0.1) is 0 Å². The summed E-state index contributed by atoms with van der Waals surface area (Å²) in [6.45, 7) is 0. The summed E-state index contributed by atoms with van der Waals surface area (Å²) >= 11 is 0. The number of carbonyl (C=O) groups is 1. The van der Waals surface area contributed by atoms with Gasteiger partial charge in [0, 0.05) is 11.6 Å². The normalized spacial score (nSPS) is 15.2. The Morgan fingerprint density at radius 2 is 1.79 bits per heavy atom. The Balaban J connectivity index is 2.01. The lowest BCUT2D eigenvalue weighted by Crippen LogP contribution is -2.06. The Morgan fingerprint density at radius 3 is 2.33 bits per heavy atom. The molecule has 0 saturated heterocycles. The molecule has 0 aliphatic carbocycles. The summed E-state index contributed by atoms with van der Waals surface area (Å²) in [5.41, 5.74) is 0.675. The highest BCUT2D eigenvalue weighted by Gasteiger charge is 2.26. The summed E-state index contributed by atoms with van der Waals surface area (Å²) in [7, 11) is 4.52. The van der Waals surface area contributed by atoms with Crippen molar-refractivity contribution < 1.29 is 28.2 Å². The van der Waals surface area contributed by atoms with Gasteiger partial charge in [0.15, 0.2) is 17.2 Å². The van der Waals surface area contributed by atoms with Crippen molar-refractivity contribution in [1.29, 1.82) is 0 Å². The van der Waals surface area contributed by atoms with E-state index < -0.39 is 5.97 Å². The maximum absolute atomic E-state index is 12.0. The molecule has 3 rings (SSSR count). The smallest absolute Gasteiger partial charge is 0.363 e. The summed E-state index contributed by atoms with van der Waals surface area (Å²) in [6.07, 6.45) is 3.02. The number of nitrogens with zero attached hydrogens (tertiary/aromatic N) is 1. The van der Waals surface area contributed by atoms with Gasteiger partial charge >= 0.3 is 5.97 Å². The number of aliphatic imine (C=N–C) groups is 1. The molecule has 0 N–H and O–H groups in total. The predicted octanol–water partition coefficient (Wildman–Crippen LogP) is 2.65. The van der Waals surface area contributed by atoms with Crippen molar-refractivity contribution in [3.05, 3.63) is 47.5 Å². The highest BCUT2D eigenvalue weighted by atomic mass is 16.6. The summed E-state index contributed by atoms with van der Waals surface area (Å²) in [4.78, 5) is 16.2. The molecule has 1 aliphatic heterocycles. The first kappa shape index (κ1) is 15.7. The van der Waals surface area contributed by atoms with E-state index in [2.05, 4.69) is 4.99 Å². The first-order valence-corrected chi connectivity index (χ1v) is 7.02. The lowest BCUT2D eigenvalue weighted by Gasteiger charge is -2.13. The van der Waals surface area contributed by atoms with Gasteiger partial charge in [0.05, 0.1) is 27.6 Å². The fraction of sp³-hybridized carbons (Fsp3) is 0.176. The predicted molar refractivity (Wildman–Crippen MR) is 85.4 cm³/mol. The lowest BCUT2D eigenvalue weighted by atomic mass is 10.2. The molecule has 0 fully saturated rings. The molecule has 7 heteroatoms. The molecule has 0 radical (unpaired) electrons. The van der Waals surface area contributed by atoms with E-state index in [-0.39, 0.29) is 11.6 Å². The second-order valence-corrected chi connectivity index (χ2v) is 4.77. The number of ether oxygens (including phenoxy) is 4. The largest absolute Gasteiger partial charge is 0.493 e. The van der Waals surface area contributed by atoms with Crippen LogP contribution in [0.15, 0.2) is 45.6 Å². The zero-order valence-electron chi connectivity index (χ0n) is 13.4. The minimum absolute atomic E-state index is 0.147. The third-order valence-electron chi connectivity index (χ3n) is 3.35. The van der Waals surface area contributed by atoms with E-state index in [1.54, 1.807) is 24.3 Å². The molecule has 0 saturated carbocycles. The van der Waals surface area contributed by atoms with Crippen LogP contribution in [0.2, 0.25) is 0 Å². The zero-order chi connectivity index (χ0) is 17.1. The molecule has 124 valence electrons. The maximum atomic E-state index is 12.0. The Kier molecular flexibility index (Phi) is 4.24. The van der Waals surface area contributed by atoms with Crippen molar-refractivity contribution in [3.8, 4) is 17.2 Å². The van der Waals surface area contributed by atoms with Crippen molar-refractivity contribution in [2.75, 3.05) is 21.3 Å². The molecule has 0 bridgehead atoms. The van der Waals surface area contributed by atoms with Crippen LogP contribution < -0.4 is 14.2 Å². The van der Waals surface area contributed by atoms with Gasteiger partial charge in [0.25, 0.3) is 0 Å². The van der Waals surface area contributed by atoms with Gasteiger partial charge in [-0.05, 0) is 24.3 Å². The van der Waals surface area contributed by atoms with E-state index in [1.807, 2.05) is 0 Å². The van der Waals surface area contributed by atoms with Crippen LogP contribution in [0.3, 0.4) is 0 Å². The minimum Gasteiger partial charge on any atom is -0.493 e. The van der Waals surface area contributed by atoms with E-state index >= 15 is 0 Å².